The second-order valence-corrected chi connectivity index (χ2v) is 8.37. The van der Waals surface area contributed by atoms with Crippen molar-refractivity contribution in [3.05, 3.63) is 111 Å². The minimum Gasteiger partial charge on any atom is -0.463 e. The van der Waals surface area contributed by atoms with Crippen LogP contribution >= 0.6 is 0 Å². The predicted molar refractivity (Wildman–Crippen MR) is 124 cm³/mol. The van der Waals surface area contributed by atoms with Gasteiger partial charge in [-0.05, 0) is 35.2 Å². The van der Waals surface area contributed by atoms with Crippen molar-refractivity contribution in [2.45, 2.75) is 25.0 Å². The van der Waals surface area contributed by atoms with Crippen molar-refractivity contribution in [2.75, 3.05) is 11.5 Å². The number of nitrogens with one attached hydrogen (secondary N) is 1. The minimum absolute atomic E-state index is 0.0593. The Balaban J connectivity index is 1.71. The van der Waals surface area contributed by atoms with Gasteiger partial charge in [0.2, 0.25) is 0 Å². The number of ether oxygens (including phenoxy) is 1. The summed E-state index contributed by atoms with van der Waals surface area (Å²) < 4.78 is 5.53. The summed E-state index contributed by atoms with van der Waals surface area (Å²) in [4.78, 5) is 26.7. The fraction of sp³-hybridized carbons (Fsp3) is 0.192. The lowest BCUT2D eigenvalue weighted by molar-refractivity contribution is -0.384. The molecule has 3 aliphatic rings. The van der Waals surface area contributed by atoms with Crippen molar-refractivity contribution < 1.29 is 14.5 Å². The van der Waals surface area contributed by atoms with Crippen molar-refractivity contribution in [3.63, 3.8) is 0 Å². The van der Waals surface area contributed by atoms with Crippen LogP contribution in [0.2, 0.25) is 0 Å². The Bertz CT molecular complexity index is 1330. The molecule has 0 fully saturated rings. The van der Waals surface area contributed by atoms with Gasteiger partial charge in [-0.2, -0.15) is 0 Å². The highest BCUT2D eigenvalue weighted by atomic mass is 16.6. The second kappa shape index (κ2) is 7.28. The van der Waals surface area contributed by atoms with Gasteiger partial charge in [0.15, 0.2) is 0 Å². The minimum atomic E-state index is -0.365. The van der Waals surface area contributed by atoms with Gasteiger partial charge in [-0.3, -0.25) is 15.4 Å². The number of nitro groups is 1. The molecule has 164 valence electrons. The van der Waals surface area contributed by atoms with Crippen LogP contribution in [0, 0.1) is 10.1 Å². The molecule has 0 aliphatic carbocycles. The molecule has 0 radical (unpaired) electrons. The molecule has 0 saturated heterocycles. The monoisotopic (exact) mass is 439 g/mol. The van der Waals surface area contributed by atoms with Gasteiger partial charge < -0.3 is 9.64 Å². The Hall–Kier alpha value is -3.97. The molecule has 6 rings (SSSR count). The van der Waals surface area contributed by atoms with E-state index in [0.717, 1.165) is 33.6 Å². The number of benzene rings is 3. The fourth-order valence-electron chi connectivity index (χ4n) is 5.50. The number of carbonyl (C=O) groups is 1. The fourth-order valence-corrected chi connectivity index (χ4v) is 5.50. The van der Waals surface area contributed by atoms with Crippen LogP contribution in [-0.2, 0) is 9.53 Å². The number of fused-ring (bicyclic) bond motifs is 7. The lowest BCUT2D eigenvalue weighted by Crippen LogP contribution is -2.55. The third kappa shape index (κ3) is 2.75. The molecule has 1 N–H and O–H groups in total. The van der Waals surface area contributed by atoms with E-state index >= 15 is 0 Å². The number of rotatable bonds is 4. The van der Waals surface area contributed by atoms with Crippen LogP contribution in [0.3, 0.4) is 0 Å². The molecular weight excluding hydrogens is 418 g/mol. The van der Waals surface area contributed by atoms with E-state index in [1.165, 1.54) is 6.07 Å². The summed E-state index contributed by atoms with van der Waals surface area (Å²) >= 11 is 0. The van der Waals surface area contributed by atoms with Crippen LogP contribution in [0.5, 0.6) is 0 Å². The summed E-state index contributed by atoms with van der Waals surface area (Å²) in [6.45, 7) is 2.07. The Labute approximate surface area is 190 Å². The summed E-state index contributed by atoms with van der Waals surface area (Å²) in [7, 11) is 0. The summed E-state index contributed by atoms with van der Waals surface area (Å²) in [6.07, 6.45) is -0.171. The zero-order valence-electron chi connectivity index (χ0n) is 17.9. The Morgan fingerprint density at radius 1 is 1.03 bits per heavy atom. The van der Waals surface area contributed by atoms with Gasteiger partial charge in [0.1, 0.15) is 0 Å². The number of hydrogen-bond acceptors (Lipinski definition) is 6. The van der Waals surface area contributed by atoms with Gasteiger partial charge in [-0.25, -0.2) is 4.79 Å². The summed E-state index contributed by atoms with van der Waals surface area (Å²) in [5, 5.41) is 15.2. The number of nitro benzene ring substituents is 1. The first-order valence-electron chi connectivity index (χ1n) is 11.0. The Kier molecular flexibility index (Phi) is 4.35. The van der Waals surface area contributed by atoms with Crippen LogP contribution in [-0.4, -0.2) is 23.7 Å². The molecule has 3 atom stereocenters. The quantitative estimate of drug-likeness (QED) is 0.366. The van der Waals surface area contributed by atoms with E-state index in [1.807, 2.05) is 48.5 Å². The second-order valence-electron chi connectivity index (χ2n) is 8.37. The van der Waals surface area contributed by atoms with Crippen LogP contribution in [0.1, 0.15) is 41.1 Å². The SMILES string of the molecule is CCOC(=O)C1=C(c2ccccc2)N2c3ccc([N+](=O)[O-])cc3[C@@H]3c4ccccc4[C@H]1N[C@@H]32. The van der Waals surface area contributed by atoms with E-state index in [4.69, 9.17) is 4.74 Å². The number of anilines is 1. The Morgan fingerprint density at radius 3 is 2.48 bits per heavy atom. The molecule has 0 aromatic heterocycles. The van der Waals surface area contributed by atoms with Gasteiger partial charge in [0, 0.05) is 23.7 Å². The molecule has 33 heavy (non-hydrogen) atoms. The largest absolute Gasteiger partial charge is 0.463 e. The van der Waals surface area contributed by atoms with E-state index in [-0.39, 0.29) is 41.3 Å². The zero-order chi connectivity index (χ0) is 22.7. The average Bonchev–Trinajstić information content (AvgIpc) is 3.19. The molecule has 0 amide bonds. The predicted octanol–water partition coefficient (Wildman–Crippen LogP) is 4.51. The van der Waals surface area contributed by atoms with Gasteiger partial charge in [-0.15, -0.1) is 0 Å². The molecular formula is C26H21N3O4. The van der Waals surface area contributed by atoms with Crippen LogP contribution < -0.4 is 10.2 Å². The maximum atomic E-state index is 13.4. The zero-order valence-corrected chi connectivity index (χ0v) is 17.9. The summed E-state index contributed by atoms with van der Waals surface area (Å²) in [6, 6.07) is 22.5. The number of esters is 1. The lowest BCUT2D eigenvalue weighted by Gasteiger charge is -2.46. The first kappa shape index (κ1) is 19.7. The molecule has 3 aromatic rings. The maximum absolute atomic E-state index is 13.4. The third-order valence-corrected chi connectivity index (χ3v) is 6.72. The van der Waals surface area contributed by atoms with Crippen LogP contribution in [0.4, 0.5) is 11.4 Å². The maximum Gasteiger partial charge on any atom is 0.338 e. The molecule has 0 spiro atoms. The average molecular weight is 439 g/mol. The number of non-ortho nitro benzene ring substituents is 1. The van der Waals surface area contributed by atoms with Gasteiger partial charge in [0.25, 0.3) is 5.69 Å². The molecule has 0 unspecified atom stereocenters. The highest BCUT2D eigenvalue weighted by Crippen LogP contribution is 2.56. The summed E-state index contributed by atoms with van der Waals surface area (Å²) in [5.74, 6) is -0.467. The molecule has 3 aromatic carbocycles. The topological polar surface area (TPSA) is 84.7 Å². The highest BCUT2D eigenvalue weighted by molar-refractivity contribution is 6.04. The smallest absolute Gasteiger partial charge is 0.338 e. The molecule has 2 bridgehead atoms. The standard InChI is InChI=1S/C26H21N3O4/c1-2-33-26(30)22-23-18-11-7-6-10-17(18)21-19-14-16(29(31)32)12-13-20(19)28(25(21)27-23)24(22)15-8-4-3-5-9-15/h3-14,21,23,25,27H,2H2,1H3/t21-,23+,25+/m0/s1. The normalized spacial score (nSPS) is 22.0. The number of hydrogen-bond donors (Lipinski definition) is 1. The Morgan fingerprint density at radius 2 is 1.76 bits per heavy atom. The van der Waals surface area contributed by atoms with Crippen molar-refractivity contribution in [1.82, 2.24) is 5.32 Å². The first-order chi connectivity index (χ1) is 16.1. The molecule has 3 aliphatic heterocycles. The highest BCUT2D eigenvalue weighted by Gasteiger charge is 2.52. The van der Waals surface area contributed by atoms with Gasteiger partial charge in [0.05, 0.1) is 35.0 Å². The van der Waals surface area contributed by atoms with Gasteiger partial charge >= 0.3 is 5.97 Å². The molecule has 7 nitrogen and oxygen atoms in total. The van der Waals surface area contributed by atoms with Crippen molar-refractivity contribution in [3.8, 4) is 0 Å². The number of nitrogens with zero attached hydrogens (tertiary/aromatic N) is 2. The van der Waals surface area contributed by atoms with Crippen LogP contribution in [0.15, 0.2) is 78.4 Å². The van der Waals surface area contributed by atoms with Crippen LogP contribution in [0.25, 0.3) is 5.70 Å². The van der Waals surface area contributed by atoms with Gasteiger partial charge in [-0.1, -0.05) is 54.6 Å². The molecule has 0 saturated carbocycles. The number of carbonyl (C=O) groups excluding carboxylic acids is 1. The molecule has 7 heteroatoms. The van der Waals surface area contributed by atoms with E-state index in [1.54, 1.807) is 19.1 Å². The van der Waals surface area contributed by atoms with E-state index in [2.05, 4.69) is 16.3 Å². The van der Waals surface area contributed by atoms with Crippen molar-refractivity contribution in [1.29, 1.82) is 0 Å². The molecule has 3 heterocycles. The van der Waals surface area contributed by atoms with E-state index in [9.17, 15) is 14.9 Å². The first-order valence-corrected chi connectivity index (χ1v) is 11.0. The third-order valence-electron chi connectivity index (χ3n) is 6.72. The van der Waals surface area contributed by atoms with Crippen molar-refractivity contribution in [2.24, 2.45) is 0 Å². The summed E-state index contributed by atoms with van der Waals surface area (Å²) in [5.41, 5.74) is 6.11. The van der Waals surface area contributed by atoms with E-state index < -0.39 is 0 Å². The lowest BCUT2D eigenvalue weighted by atomic mass is 9.77. The van der Waals surface area contributed by atoms with E-state index in [0.29, 0.717) is 5.57 Å². The van der Waals surface area contributed by atoms with Crippen molar-refractivity contribution >= 4 is 23.0 Å².